The molecule has 1 fully saturated rings. The standard InChI is InChI=1S/C24H26ClN5O2/c1-28-22(12-20(27-28)17-4-2-5-19(25)11-17)24(32)26-8-9-29-13-16-10-18(15-29)21-6-3-7-23(31)30(21)14-16/h2-7,11-12,16,18H,8-10,13-15H2,1H3,(H,26,32). The van der Waals surface area contributed by atoms with Crippen LogP contribution in [0.5, 0.6) is 0 Å². The third-order valence-corrected chi connectivity index (χ3v) is 6.74. The zero-order valence-corrected chi connectivity index (χ0v) is 18.8. The van der Waals surface area contributed by atoms with Gasteiger partial charge in [0, 0.05) is 68.0 Å². The van der Waals surface area contributed by atoms with Crippen molar-refractivity contribution in [1.29, 1.82) is 0 Å². The number of aryl methyl sites for hydroxylation is 1. The molecule has 1 N–H and O–H groups in total. The number of carbonyl (C=O) groups is 1. The maximum absolute atomic E-state index is 12.8. The predicted octanol–water partition coefficient (Wildman–Crippen LogP) is 2.75. The van der Waals surface area contributed by atoms with Gasteiger partial charge in [-0.15, -0.1) is 0 Å². The molecule has 2 atom stereocenters. The van der Waals surface area contributed by atoms with Crippen molar-refractivity contribution in [3.8, 4) is 11.3 Å². The summed E-state index contributed by atoms with van der Waals surface area (Å²) >= 11 is 6.08. The molecule has 5 rings (SSSR count). The molecule has 2 aliphatic heterocycles. The molecular formula is C24H26ClN5O2. The van der Waals surface area contributed by atoms with E-state index in [1.807, 2.05) is 34.9 Å². The van der Waals surface area contributed by atoms with Crippen LogP contribution in [0.15, 0.2) is 53.3 Å². The molecule has 166 valence electrons. The Kier molecular flexibility index (Phi) is 5.61. The van der Waals surface area contributed by atoms with Crippen molar-refractivity contribution >= 4 is 17.5 Å². The van der Waals surface area contributed by atoms with Gasteiger partial charge in [0.2, 0.25) is 0 Å². The molecule has 2 aliphatic rings. The second-order valence-electron chi connectivity index (χ2n) is 8.76. The Labute approximate surface area is 191 Å². The Balaban J connectivity index is 1.20. The van der Waals surface area contributed by atoms with Crippen LogP contribution < -0.4 is 10.9 Å². The van der Waals surface area contributed by atoms with E-state index in [2.05, 4.69) is 21.4 Å². The Bertz CT molecular complexity index is 1220. The highest BCUT2D eigenvalue weighted by atomic mass is 35.5. The quantitative estimate of drug-likeness (QED) is 0.647. The first-order chi connectivity index (χ1) is 15.5. The number of benzene rings is 1. The summed E-state index contributed by atoms with van der Waals surface area (Å²) in [4.78, 5) is 27.3. The van der Waals surface area contributed by atoms with Crippen molar-refractivity contribution in [2.45, 2.75) is 18.9 Å². The summed E-state index contributed by atoms with van der Waals surface area (Å²) in [5.74, 6) is 0.723. The van der Waals surface area contributed by atoms with Crippen molar-refractivity contribution in [2.75, 3.05) is 26.2 Å². The van der Waals surface area contributed by atoms with Gasteiger partial charge in [0.1, 0.15) is 5.69 Å². The third-order valence-electron chi connectivity index (χ3n) is 6.50. The number of nitrogens with one attached hydrogen (secondary N) is 1. The van der Waals surface area contributed by atoms with Gasteiger partial charge in [-0.1, -0.05) is 29.8 Å². The van der Waals surface area contributed by atoms with Crippen LogP contribution in [-0.4, -0.2) is 51.3 Å². The molecule has 4 heterocycles. The fourth-order valence-corrected chi connectivity index (χ4v) is 5.26. The van der Waals surface area contributed by atoms with E-state index in [9.17, 15) is 9.59 Å². The molecule has 1 amide bonds. The zero-order chi connectivity index (χ0) is 22.2. The highest BCUT2D eigenvalue weighted by Gasteiger charge is 2.34. The predicted molar refractivity (Wildman–Crippen MR) is 124 cm³/mol. The van der Waals surface area contributed by atoms with Crippen LogP contribution in [0.25, 0.3) is 11.3 Å². The number of hydrogen-bond donors (Lipinski definition) is 1. The third kappa shape index (κ3) is 4.10. The topological polar surface area (TPSA) is 72.2 Å². The molecule has 0 aliphatic carbocycles. The zero-order valence-electron chi connectivity index (χ0n) is 18.0. The number of fused-ring (bicyclic) bond motifs is 4. The van der Waals surface area contributed by atoms with Crippen molar-refractivity contribution < 1.29 is 4.79 Å². The van der Waals surface area contributed by atoms with E-state index in [0.717, 1.165) is 49.6 Å². The van der Waals surface area contributed by atoms with E-state index < -0.39 is 0 Å². The second kappa shape index (κ2) is 8.56. The molecule has 1 saturated heterocycles. The normalized spacial score (nSPS) is 20.1. The Hall–Kier alpha value is -2.90. The molecule has 2 unspecified atom stereocenters. The highest BCUT2D eigenvalue weighted by Crippen LogP contribution is 2.34. The molecule has 0 radical (unpaired) electrons. The molecule has 0 spiro atoms. The van der Waals surface area contributed by atoms with Gasteiger partial charge in [-0.2, -0.15) is 5.10 Å². The maximum Gasteiger partial charge on any atom is 0.269 e. The van der Waals surface area contributed by atoms with Crippen LogP contribution in [0.1, 0.15) is 28.5 Å². The SMILES string of the molecule is Cn1nc(-c2cccc(Cl)c2)cc1C(=O)NCCN1CC2CC(C1)c1cccc(=O)n1C2. The number of piperidine rings is 1. The van der Waals surface area contributed by atoms with E-state index in [0.29, 0.717) is 29.1 Å². The lowest BCUT2D eigenvalue weighted by molar-refractivity contribution is 0.0918. The molecular weight excluding hydrogens is 426 g/mol. The number of rotatable bonds is 5. The average Bonchev–Trinajstić information content (AvgIpc) is 3.16. The number of aromatic nitrogens is 3. The Morgan fingerprint density at radius 1 is 1.16 bits per heavy atom. The largest absolute Gasteiger partial charge is 0.349 e. The molecule has 2 bridgehead atoms. The molecule has 7 nitrogen and oxygen atoms in total. The maximum atomic E-state index is 12.8. The summed E-state index contributed by atoms with van der Waals surface area (Å²) < 4.78 is 3.55. The van der Waals surface area contributed by atoms with Crippen molar-refractivity contribution in [2.24, 2.45) is 13.0 Å². The number of hydrogen-bond acceptors (Lipinski definition) is 4. The summed E-state index contributed by atoms with van der Waals surface area (Å²) in [6.45, 7) is 4.01. The fraction of sp³-hybridized carbons (Fsp3) is 0.375. The molecule has 2 aromatic heterocycles. The van der Waals surface area contributed by atoms with Gasteiger partial charge in [0.25, 0.3) is 11.5 Å². The van der Waals surface area contributed by atoms with Crippen LogP contribution in [0.2, 0.25) is 5.02 Å². The van der Waals surface area contributed by atoms with Gasteiger partial charge in [0.15, 0.2) is 0 Å². The number of carbonyl (C=O) groups excluding carboxylic acids is 1. The fourth-order valence-electron chi connectivity index (χ4n) is 5.06. The summed E-state index contributed by atoms with van der Waals surface area (Å²) in [5, 5.41) is 8.14. The average molecular weight is 452 g/mol. The van der Waals surface area contributed by atoms with Gasteiger partial charge < -0.3 is 14.8 Å². The van der Waals surface area contributed by atoms with Gasteiger partial charge in [-0.25, -0.2) is 0 Å². The highest BCUT2D eigenvalue weighted by molar-refractivity contribution is 6.30. The second-order valence-corrected chi connectivity index (χ2v) is 9.20. The van der Waals surface area contributed by atoms with Crippen molar-refractivity contribution in [1.82, 2.24) is 24.6 Å². The molecule has 32 heavy (non-hydrogen) atoms. The first-order valence-corrected chi connectivity index (χ1v) is 11.4. The number of nitrogens with zero attached hydrogens (tertiary/aromatic N) is 4. The van der Waals surface area contributed by atoms with Crippen LogP contribution in [0.4, 0.5) is 0 Å². The summed E-state index contributed by atoms with van der Waals surface area (Å²) in [6.07, 6.45) is 1.13. The first-order valence-electron chi connectivity index (χ1n) is 11.0. The smallest absolute Gasteiger partial charge is 0.269 e. The van der Waals surface area contributed by atoms with E-state index in [1.54, 1.807) is 23.9 Å². The number of likely N-dealkylation sites (tertiary alicyclic amines) is 1. The molecule has 1 aromatic carbocycles. The van der Waals surface area contributed by atoms with Crippen LogP contribution in [-0.2, 0) is 13.6 Å². The summed E-state index contributed by atoms with van der Waals surface area (Å²) in [5.41, 5.74) is 3.37. The summed E-state index contributed by atoms with van der Waals surface area (Å²) in [6, 6.07) is 14.8. The molecule has 0 saturated carbocycles. The van der Waals surface area contributed by atoms with Crippen LogP contribution in [0.3, 0.4) is 0 Å². The first kappa shape index (κ1) is 21.0. The van der Waals surface area contributed by atoms with Crippen LogP contribution in [0, 0.1) is 5.92 Å². The van der Waals surface area contributed by atoms with Crippen LogP contribution >= 0.6 is 11.6 Å². The van der Waals surface area contributed by atoms with E-state index in [1.165, 1.54) is 0 Å². The number of halogens is 1. The lowest BCUT2D eigenvalue weighted by Crippen LogP contribution is -2.48. The monoisotopic (exact) mass is 451 g/mol. The lowest BCUT2D eigenvalue weighted by atomic mass is 9.83. The van der Waals surface area contributed by atoms with Gasteiger partial charge >= 0.3 is 0 Å². The number of amides is 1. The Morgan fingerprint density at radius 3 is 2.84 bits per heavy atom. The van der Waals surface area contributed by atoms with Gasteiger partial charge in [-0.3, -0.25) is 14.3 Å². The summed E-state index contributed by atoms with van der Waals surface area (Å²) in [7, 11) is 1.77. The van der Waals surface area contributed by atoms with Gasteiger partial charge in [-0.05, 0) is 36.6 Å². The number of pyridine rings is 1. The molecule has 8 heteroatoms. The van der Waals surface area contributed by atoms with Gasteiger partial charge in [0.05, 0.1) is 5.69 Å². The minimum Gasteiger partial charge on any atom is -0.349 e. The van der Waals surface area contributed by atoms with E-state index in [4.69, 9.17) is 11.6 Å². The van der Waals surface area contributed by atoms with Crippen molar-refractivity contribution in [3.63, 3.8) is 0 Å². The molecule has 3 aromatic rings. The minimum absolute atomic E-state index is 0.103. The Morgan fingerprint density at radius 2 is 2.00 bits per heavy atom. The lowest BCUT2D eigenvalue weighted by Gasteiger charge is -2.42. The van der Waals surface area contributed by atoms with Crippen molar-refractivity contribution in [3.05, 3.63) is 75.3 Å². The van der Waals surface area contributed by atoms with E-state index in [-0.39, 0.29) is 11.5 Å². The van der Waals surface area contributed by atoms with E-state index >= 15 is 0 Å². The minimum atomic E-state index is -0.137.